The number of methoxy groups -OCH3 is 1. The average Bonchev–Trinajstić information content (AvgIpc) is 3.04. The van der Waals surface area contributed by atoms with Gasteiger partial charge < -0.3 is 15.8 Å². The molecular formula is C21H27N3O3S. The molecule has 0 saturated carbocycles. The number of fused-ring (bicyclic) bond motifs is 1. The van der Waals surface area contributed by atoms with Gasteiger partial charge in [0.1, 0.15) is 10.8 Å². The quantitative estimate of drug-likeness (QED) is 0.745. The molecule has 1 unspecified atom stereocenters. The summed E-state index contributed by atoms with van der Waals surface area (Å²) in [5, 5.41) is 3.51. The van der Waals surface area contributed by atoms with Gasteiger partial charge in [0.25, 0.3) is 5.91 Å². The molecule has 0 spiro atoms. The van der Waals surface area contributed by atoms with Crippen LogP contribution in [0.5, 0.6) is 5.75 Å². The fourth-order valence-electron chi connectivity index (χ4n) is 3.69. The summed E-state index contributed by atoms with van der Waals surface area (Å²) < 4.78 is 5.43. The summed E-state index contributed by atoms with van der Waals surface area (Å²) in [6.07, 6.45) is 3.96. The van der Waals surface area contributed by atoms with Crippen LogP contribution in [-0.4, -0.2) is 37.4 Å². The number of amides is 2. The lowest BCUT2D eigenvalue weighted by atomic mass is 9.95. The van der Waals surface area contributed by atoms with E-state index in [1.54, 1.807) is 7.11 Å². The van der Waals surface area contributed by atoms with E-state index in [1.807, 2.05) is 43.1 Å². The molecule has 0 fully saturated rings. The van der Waals surface area contributed by atoms with Gasteiger partial charge in [-0.3, -0.25) is 14.5 Å². The third-order valence-electron chi connectivity index (χ3n) is 5.31. The normalized spacial score (nSPS) is 14.4. The lowest BCUT2D eigenvalue weighted by molar-refractivity contribution is -0.117. The second kappa shape index (κ2) is 8.75. The summed E-state index contributed by atoms with van der Waals surface area (Å²) in [6.45, 7) is 2.23. The van der Waals surface area contributed by atoms with Crippen LogP contribution in [0.15, 0.2) is 24.3 Å². The third kappa shape index (κ3) is 4.20. The van der Waals surface area contributed by atoms with E-state index in [-0.39, 0.29) is 18.5 Å². The minimum Gasteiger partial charge on any atom is -0.496 e. The fraction of sp³-hybridized carbons (Fsp3) is 0.429. The maximum absolute atomic E-state index is 12.7. The molecular weight excluding hydrogens is 374 g/mol. The largest absolute Gasteiger partial charge is 0.496 e. The van der Waals surface area contributed by atoms with Crippen molar-refractivity contribution < 1.29 is 14.3 Å². The minimum absolute atomic E-state index is 0.00551. The highest BCUT2D eigenvalue weighted by Crippen LogP contribution is 2.38. The Balaban J connectivity index is 1.72. The summed E-state index contributed by atoms with van der Waals surface area (Å²) in [6, 6.07) is 7.78. The van der Waals surface area contributed by atoms with Crippen LogP contribution in [0.3, 0.4) is 0 Å². The zero-order valence-electron chi connectivity index (χ0n) is 16.6. The van der Waals surface area contributed by atoms with Crippen molar-refractivity contribution in [2.45, 2.75) is 38.6 Å². The summed E-state index contributed by atoms with van der Waals surface area (Å²) in [4.78, 5) is 27.8. The van der Waals surface area contributed by atoms with Gasteiger partial charge in [-0.1, -0.05) is 18.2 Å². The van der Waals surface area contributed by atoms with E-state index < -0.39 is 5.91 Å². The molecule has 0 saturated heterocycles. The van der Waals surface area contributed by atoms with E-state index in [4.69, 9.17) is 10.5 Å². The number of rotatable bonds is 7. The van der Waals surface area contributed by atoms with Crippen molar-refractivity contribution in [1.29, 1.82) is 0 Å². The van der Waals surface area contributed by atoms with Gasteiger partial charge in [-0.05, 0) is 51.3 Å². The number of nitrogens with zero attached hydrogens (tertiary/aromatic N) is 1. The average molecular weight is 402 g/mol. The number of hydrogen-bond donors (Lipinski definition) is 2. The van der Waals surface area contributed by atoms with Crippen molar-refractivity contribution in [3.8, 4) is 5.75 Å². The van der Waals surface area contributed by atoms with Crippen LogP contribution in [0.1, 0.15) is 52.2 Å². The molecule has 1 aliphatic carbocycles. The predicted octanol–water partition coefficient (Wildman–Crippen LogP) is 3.37. The highest BCUT2D eigenvalue weighted by molar-refractivity contribution is 7.17. The second-order valence-corrected chi connectivity index (χ2v) is 8.27. The Morgan fingerprint density at radius 1 is 1.29 bits per heavy atom. The Hall–Kier alpha value is -2.38. The van der Waals surface area contributed by atoms with Gasteiger partial charge in [0.15, 0.2) is 0 Å². The number of hydrogen-bond acceptors (Lipinski definition) is 5. The van der Waals surface area contributed by atoms with Gasteiger partial charge in [0.05, 0.1) is 19.2 Å². The van der Waals surface area contributed by atoms with Gasteiger partial charge in [-0.15, -0.1) is 11.3 Å². The number of nitrogens with two attached hydrogens (primary N) is 1. The van der Waals surface area contributed by atoms with Crippen LogP contribution in [0, 0.1) is 0 Å². The first kappa shape index (κ1) is 20.4. The van der Waals surface area contributed by atoms with Gasteiger partial charge in [0, 0.05) is 16.5 Å². The molecule has 28 heavy (non-hydrogen) atoms. The van der Waals surface area contributed by atoms with E-state index >= 15 is 0 Å². The zero-order chi connectivity index (χ0) is 20.3. The van der Waals surface area contributed by atoms with Crippen molar-refractivity contribution in [1.82, 2.24) is 4.90 Å². The molecule has 2 amide bonds. The summed E-state index contributed by atoms with van der Waals surface area (Å²) in [5.74, 6) is 0.167. The first-order chi connectivity index (χ1) is 13.4. The Kier molecular flexibility index (Phi) is 6.36. The second-order valence-electron chi connectivity index (χ2n) is 7.16. The number of thiophene rings is 1. The SMILES string of the molecule is COc1ccccc1C(C)N(C)CC(=O)Nc1sc2c(c1C(N)=O)CCCC2. The van der Waals surface area contributed by atoms with Crippen molar-refractivity contribution in [3.63, 3.8) is 0 Å². The number of ether oxygens (including phenoxy) is 1. The number of benzene rings is 1. The molecule has 1 aliphatic rings. The van der Waals surface area contributed by atoms with Crippen molar-refractivity contribution in [3.05, 3.63) is 45.8 Å². The molecule has 0 aliphatic heterocycles. The smallest absolute Gasteiger partial charge is 0.251 e. The number of carbonyl (C=O) groups is 2. The number of carbonyl (C=O) groups excluding carboxylic acids is 2. The number of nitrogens with one attached hydrogen (secondary N) is 1. The molecule has 150 valence electrons. The van der Waals surface area contributed by atoms with E-state index in [1.165, 1.54) is 16.2 Å². The zero-order valence-corrected chi connectivity index (χ0v) is 17.4. The molecule has 1 aromatic carbocycles. The maximum atomic E-state index is 12.7. The van der Waals surface area contributed by atoms with Gasteiger partial charge in [-0.25, -0.2) is 0 Å². The highest BCUT2D eigenvalue weighted by Gasteiger charge is 2.25. The number of anilines is 1. The van der Waals surface area contributed by atoms with Crippen molar-refractivity contribution >= 4 is 28.2 Å². The lowest BCUT2D eigenvalue weighted by Gasteiger charge is -2.25. The van der Waals surface area contributed by atoms with E-state index in [9.17, 15) is 9.59 Å². The first-order valence-corrected chi connectivity index (χ1v) is 10.3. The lowest BCUT2D eigenvalue weighted by Crippen LogP contribution is -2.32. The number of primary amides is 1. The number of likely N-dealkylation sites (N-methyl/N-ethyl adjacent to an activating group) is 1. The molecule has 0 radical (unpaired) electrons. The maximum Gasteiger partial charge on any atom is 0.251 e. The number of para-hydroxylation sites is 1. The van der Waals surface area contributed by atoms with E-state index in [0.717, 1.165) is 42.6 Å². The Morgan fingerprint density at radius 3 is 2.71 bits per heavy atom. The fourth-order valence-corrected chi connectivity index (χ4v) is 5.00. The van der Waals surface area contributed by atoms with Gasteiger partial charge in [-0.2, -0.15) is 0 Å². The minimum atomic E-state index is -0.467. The third-order valence-corrected chi connectivity index (χ3v) is 6.52. The molecule has 1 atom stereocenters. The molecule has 0 bridgehead atoms. The van der Waals surface area contributed by atoms with Crippen molar-refractivity contribution in [2.75, 3.05) is 26.0 Å². The highest BCUT2D eigenvalue weighted by atomic mass is 32.1. The van der Waals surface area contributed by atoms with Crippen LogP contribution in [0.25, 0.3) is 0 Å². The molecule has 6 nitrogen and oxygen atoms in total. The van der Waals surface area contributed by atoms with Gasteiger partial charge in [0.2, 0.25) is 5.91 Å². The summed E-state index contributed by atoms with van der Waals surface area (Å²) in [5.41, 5.74) is 8.14. The molecule has 7 heteroatoms. The Morgan fingerprint density at radius 2 is 2.00 bits per heavy atom. The van der Waals surface area contributed by atoms with Crippen LogP contribution < -0.4 is 15.8 Å². The van der Waals surface area contributed by atoms with Crippen LogP contribution >= 0.6 is 11.3 Å². The molecule has 3 N–H and O–H groups in total. The predicted molar refractivity (Wildman–Crippen MR) is 112 cm³/mol. The summed E-state index contributed by atoms with van der Waals surface area (Å²) >= 11 is 1.49. The van der Waals surface area contributed by atoms with Crippen LogP contribution in [0.4, 0.5) is 5.00 Å². The van der Waals surface area contributed by atoms with Crippen molar-refractivity contribution in [2.24, 2.45) is 5.73 Å². The molecule has 1 heterocycles. The van der Waals surface area contributed by atoms with E-state index in [2.05, 4.69) is 5.32 Å². The summed E-state index contributed by atoms with van der Waals surface area (Å²) in [7, 11) is 3.54. The standard InChI is InChI=1S/C21H27N3O3S/c1-13(14-8-4-6-10-16(14)27-3)24(2)12-18(25)23-21-19(20(22)26)15-9-5-7-11-17(15)28-21/h4,6,8,10,13H,5,7,9,11-12H2,1-3H3,(H2,22,26)(H,23,25). The Labute approximate surface area is 169 Å². The monoisotopic (exact) mass is 401 g/mol. The van der Waals surface area contributed by atoms with Crippen LogP contribution in [-0.2, 0) is 17.6 Å². The topological polar surface area (TPSA) is 84.7 Å². The number of aryl methyl sites for hydroxylation is 1. The molecule has 1 aromatic heterocycles. The van der Waals surface area contributed by atoms with E-state index in [0.29, 0.717) is 10.6 Å². The van der Waals surface area contributed by atoms with Gasteiger partial charge >= 0.3 is 0 Å². The Bertz CT molecular complexity index is 878. The first-order valence-electron chi connectivity index (χ1n) is 9.49. The molecule has 3 rings (SSSR count). The molecule has 2 aromatic rings. The van der Waals surface area contributed by atoms with Crippen LogP contribution in [0.2, 0.25) is 0 Å².